The lowest BCUT2D eigenvalue weighted by atomic mass is 10.3. The molecule has 18 heavy (non-hydrogen) atoms. The van der Waals surface area contributed by atoms with E-state index in [0.29, 0.717) is 17.3 Å². The number of nitrogens with one attached hydrogen (secondary N) is 1. The fourth-order valence-electron chi connectivity index (χ4n) is 1.45. The number of halogens is 1. The van der Waals surface area contributed by atoms with Crippen LogP contribution < -0.4 is 5.32 Å². The van der Waals surface area contributed by atoms with E-state index in [-0.39, 0.29) is 5.91 Å². The summed E-state index contributed by atoms with van der Waals surface area (Å²) in [4.78, 5) is 15.9. The Bertz CT molecular complexity index is 396. The molecule has 1 rings (SSSR count). The first-order chi connectivity index (χ1) is 8.49. The second-order valence-corrected chi connectivity index (χ2v) is 4.98. The lowest BCUT2D eigenvalue weighted by Crippen LogP contribution is -2.34. The number of nitrogens with zero attached hydrogens (tertiary/aromatic N) is 2. The molecule has 0 aliphatic rings. The van der Waals surface area contributed by atoms with Crippen molar-refractivity contribution in [2.75, 3.05) is 46.1 Å². The van der Waals surface area contributed by atoms with Crippen molar-refractivity contribution >= 4 is 23.2 Å². The Morgan fingerprint density at radius 2 is 1.89 bits per heavy atom. The van der Waals surface area contributed by atoms with E-state index in [0.717, 1.165) is 13.1 Å². The zero-order chi connectivity index (χ0) is 13.5. The molecule has 1 aromatic carbocycles. The van der Waals surface area contributed by atoms with Crippen molar-refractivity contribution in [2.24, 2.45) is 0 Å². The van der Waals surface area contributed by atoms with Gasteiger partial charge in [0.15, 0.2) is 0 Å². The predicted molar refractivity (Wildman–Crippen MR) is 76.1 cm³/mol. The van der Waals surface area contributed by atoms with E-state index in [1.54, 1.807) is 12.1 Å². The van der Waals surface area contributed by atoms with Gasteiger partial charge in [0.2, 0.25) is 5.91 Å². The minimum Gasteiger partial charge on any atom is -0.324 e. The molecular weight excluding hydrogens is 250 g/mol. The van der Waals surface area contributed by atoms with Crippen LogP contribution in [0.15, 0.2) is 24.3 Å². The van der Waals surface area contributed by atoms with Gasteiger partial charge in [0, 0.05) is 13.1 Å². The van der Waals surface area contributed by atoms with Crippen molar-refractivity contribution in [3.63, 3.8) is 0 Å². The SMILES string of the molecule is CN(C)CCN(C)CC(=O)Nc1ccccc1Cl. The normalized spacial score (nSPS) is 11.0. The molecule has 0 fully saturated rings. The number of carbonyl (C=O) groups is 1. The van der Waals surface area contributed by atoms with Crippen LogP contribution in [-0.2, 0) is 4.79 Å². The molecule has 0 aliphatic heterocycles. The molecule has 1 N–H and O–H groups in total. The summed E-state index contributed by atoms with van der Waals surface area (Å²) in [6.07, 6.45) is 0. The van der Waals surface area contributed by atoms with Crippen LogP contribution in [0.1, 0.15) is 0 Å². The molecule has 5 heteroatoms. The fourth-order valence-corrected chi connectivity index (χ4v) is 1.63. The van der Waals surface area contributed by atoms with E-state index >= 15 is 0 Å². The summed E-state index contributed by atoms with van der Waals surface area (Å²) >= 11 is 5.97. The van der Waals surface area contributed by atoms with Crippen LogP contribution in [0.2, 0.25) is 5.02 Å². The Labute approximate surface area is 114 Å². The van der Waals surface area contributed by atoms with Gasteiger partial charge >= 0.3 is 0 Å². The lowest BCUT2D eigenvalue weighted by molar-refractivity contribution is -0.117. The molecule has 0 atom stereocenters. The van der Waals surface area contributed by atoms with Gasteiger partial charge < -0.3 is 10.2 Å². The van der Waals surface area contributed by atoms with Gasteiger partial charge in [0.05, 0.1) is 17.3 Å². The highest BCUT2D eigenvalue weighted by atomic mass is 35.5. The number of hydrogen-bond acceptors (Lipinski definition) is 3. The van der Waals surface area contributed by atoms with Crippen molar-refractivity contribution in [1.82, 2.24) is 9.80 Å². The summed E-state index contributed by atoms with van der Waals surface area (Å²) < 4.78 is 0. The number of amides is 1. The number of para-hydroxylation sites is 1. The van der Waals surface area contributed by atoms with Gasteiger partial charge in [-0.3, -0.25) is 9.69 Å². The molecule has 1 aromatic rings. The minimum absolute atomic E-state index is 0.0515. The second kappa shape index (κ2) is 7.36. The average molecular weight is 270 g/mol. The average Bonchev–Trinajstić information content (AvgIpc) is 2.29. The minimum atomic E-state index is -0.0515. The Morgan fingerprint density at radius 3 is 2.50 bits per heavy atom. The van der Waals surface area contributed by atoms with Crippen LogP contribution in [0.25, 0.3) is 0 Å². The fraction of sp³-hybridized carbons (Fsp3) is 0.462. The van der Waals surface area contributed by atoms with Crippen LogP contribution in [-0.4, -0.2) is 56.5 Å². The van der Waals surface area contributed by atoms with Gasteiger partial charge in [-0.05, 0) is 33.3 Å². The van der Waals surface area contributed by atoms with E-state index in [4.69, 9.17) is 11.6 Å². The van der Waals surface area contributed by atoms with Crippen molar-refractivity contribution < 1.29 is 4.79 Å². The van der Waals surface area contributed by atoms with Crippen LogP contribution in [0.4, 0.5) is 5.69 Å². The van der Waals surface area contributed by atoms with Gasteiger partial charge in [0.1, 0.15) is 0 Å². The van der Waals surface area contributed by atoms with Gasteiger partial charge in [0.25, 0.3) is 0 Å². The summed E-state index contributed by atoms with van der Waals surface area (Å²) in [6.45, 7) is 2.14. The Morgan fingerprint density at radius 1 is 1.22 bits per heavy atom. The summed E-state index contributed by atoms with van der Waals surface area (Å²) in [6, 6.07) is 7.23. The molecule has 4 nitrogen and oxygen atoms in total. The summed E-state index contributed by atoms with van der Waals surface area (Å²) in [5.74, 6) is -0.0515. The molecule has 0 aliphatic carbocycles. The second-order valence-electron chi connectivity index (χ2n) is 4.57. The monoisotopic (exact) mass is 269 g/mol. The highest BCUT2D eigenvalue weighted by Crippen LogP contribution is 2.20. The quantitative estimate of drug-likeness (QED) is 0.855. The number of carbonyl (C=O) groups excluding carboxylic acids is 1. The van der Waals surface area contributed by atoms with Crippen molar-refractivity contribution in [3.05, 3.63) is 29.3 Å². The first-order valence-electron chi connectivity index (χ1n) is 5.86. The highest BCUT2D eigenvalue weighted by molar-refractivity contribution is 6.33. The predicted octanol–water partition coefficient (Wildman–Crippen LogP) is 1.77. The maximum absolute atomic E-state index is 11.8. The maximum Gasteiger partial charge on any atom is 0.238 e. The number of hydrogen-bond donors (Lipinski definition) is 1. The van der Waals surface area contributed by atoms with Crippen LogP contribution in [0.5, 0.6) is 0 Å². The Balaban J connectivity index is 2.40. The van der Waals surface area contributed by atoms with E-state index in [1.807, 2.05) is 38.2 Å². The van der Waals surface area contributed by atoms with Crippen LogP contribution in [0, 0.1) is 0 Å². The van der Waals surface area contributed by atoms with Gasteiger partial charge in [-0.1, -0.05) is 23.7 Å². The molecule has 0 bridgehead atoms. The third kappa shape index (κ3) is 5.49. The summed E-state index contributed by atoms with van der Waals surface area (Å²) in [5.41, 5.74) is 0.658. The molecule has 0 radical (unpaired) electrons. The van der Waals surface area contributed by atoms with Crippen molar-refractivity contribution in [2.45, 2.75) is 0 Å². The maximum atomic E-state index is 11.8. The number of benzene rings is 1. The van der Waals surface area contributed by atoms with Crippen molar-refractivity contribution in [1.29, 1.82) is 0 Å². The van der Waals surface area contributed by atoms with Gasteiger partial charge in [-0.2, -0.15) is 0 Å². The van der Waals surface area contributed by atoms with Gasteiger partial charge in [-0.25, -0.2) is 0 Å². The molecule has 0 saturated carbocycles. The zero-order valence-corrected chi connectivity index (χ0v) is 11.9. The molecule has 0 aromatic heterocycles. The molecule has 0 heterocycles. The smallest absolute Gasteiger partial charge is 0.238 e. The zero-order valence-electron chi connectivity index (χ0n) is 11.1. The standard InChI is InChI=1S/C13H20ClN3O/c1-16(2)8-9-17(3)10-13(18)15-12-7-5-4-6-11(12)14/h4-7H,8-10H2,1-3H3,(H,15,18). The lowest BCUT2D eigenvalue weighted by Gasteiger charge is -2.18. The van der Waals surface area contributed by atoms with Gasteiger partial charge in [-0.15, -0.1) is 0 Å². The Hall–Kier alpha value is -1.10. The molecule has 0 spiro atoms. The van der Waals surface area contributed by atoms with E-state index in [9.17, 15) is 4.79 Å². The topological polar surface area (TPSA) is 35.6 Å². The van der Waals surface area contributed by atoms with E-state index in [1.165, 1.54) is 0 Å². The third-order valence-electron chi connectivity index (χ3n) is 2.49. The Kier molecular flexibility index (Phi) is 6.12. The van der Waals surface area contributed by atoms with Crippen LogP contribution >= 0.6 is 11.6 Å². The number of rotatable bonds is 6. The van der Waals surface area contributed by atoms with E-state index < -0.39 is 0 Å². The molecule has 0 saturated heterocycles. The van der Waals surface area contributed by atoms with E-state index in [2.05, 4.69) is 10.2 Å². The first-order valence-corrected chi connectivity index (χ1v) is 6.24. The summed E-state index contributed by atoms with van der Waals surface area (Å²) in [5, 5.41) is 3.36. The third-order valence-corrected chi connectivity index (χ3v) is 2.82. The van der Waals surface area contributed by atoms with Crippen molar-refractivity contribution in [3.8, 4) is 0 Å². The first kappa shape index (κ1) is 15.0. The molecule has 0 unspecified atom stereocenters. The molecular formula is C13H20ClN3O. The van der Waals surface area contributed by atoms with Crippen LogP contribution in [0.3, 0.4) is 0 Å². The largest absolute Gasteiger partial charge is 0.324 e. The number of likely N-dealkylation sites (N-methyl/N-ethyl adjacent to an activating group) is 2. The molecule has 1 amide bonds. The highest BCUT2D eigenvalue weighted by Gasteiger charge is 2.08. The number of anilines is 1. The summed E-state index contributed by atoms with van der Waals surface area (Å²) in [7, 11) is 5.95. The molecule has 100 valence electrons.